The fourth-order valence-corrected chi connectivity index (χ4v) is 1.17. The maximum absolute atomic E-state index is 12.8. The van der Waals surface area contributed by atoms with Crippen LogP contribution in [0.4, 0.5) is 4.39 Å². The van der Waals surface area contributed by atoms with Crippen molar-refractivity contribution >= 4 is 0 Å². The molecule has 1 aromatic carbocycles. The first-order valence-corrected chi connectivity index (χ1v) is 4.25. The molecule has 0 fully saturated rings. The SMILES string of the molecule is CC(C)C(N)c1cc(O)cc(F)c1. The van der Waals surface area contributed by atoms with E-state index in [4.69, 9.17) is 10.8 Å². The molecule has 1 aromatic rings. The highest BCUT2D eigenvalue weighted by Gasteiger charge is 2.11. The van der Waals surface area contributed by atoms with Crippen molar-refractivity contribution in [1.29, 1.82) is 0 Å². The van der Waals surface area contributed by atoms with Gasteiger partial charge in [0.25, 0.3) is 0 Å². The van der Waals surface area contributed by atoms with Gasteiger partial charge in [-0.2, -0.15) is 0 Å². The van der Waals surface area contributed by atoms with E-state index in [-0.39, 0.29) is 17.7 Å². The van der Waals surface area contributed by atoms with Crippen LogP contribution in [0, 0.1) is 11.7 Å². The van der Waals surface area contributed by atoms with Crippen LogP contribution in [0.1, 0.15) is 25.5 Å². The van der Waals surface area contributed by atoms with Gasteiger partial charge < -0.3 is 10.8 Å². The summed E-state index contributed by atoms with van der Waals surface area (Å²) in [5.41, 5.74) is 6.43. The molecule has 0 amide bonds. The molecule has 0 radical (unpaired) electrons. The zero-order chi connectivity index (χ0) is 10.0. The van der Waals surface area contributed by atoms with Gasteiger partial charge in [0.2, 0.25) is 0 Å². The highest BCUT2D eigenvalue weighted by atomic mass is 19.1. The van der Waals surface area contributed by atoms with Crippen molar-refractivity contribution in [3.63, 3.8) is 0 Å². The van der Waals surface area contributed by atoms with Crippen LogP contribution in [-0.4, -0.2) is 5.11 Å². The molecule has 0 saturated carbocycles. The third kappa shape index (κ3) is 2.42. The van der Waals surface area contributed by atoms with E-state index in [1.165, 1.54) is 12.1 Å². The summed E-state index contributed by atoms with van der Waals surface area (Å²) < 4.78 is 12.8. The van der Waals surface area contributed by atoms with Gasteiger partial charge in [-0.15, -0.1) is 0 Å². The Labute approximate surface area is 77.2 Å². The molecule has 0 bridgehead atoms. The number of halogens is 1. The minimum atomic E-state index is -0.453. The van der Waals surface area contributed by atoms with Gasteiger partial charge in [0.15, 0.2) is 0 Å². The number of hydrogen-bond acceptors (Lipinski definition) is 2. The van der Waals surface area contributed by atoms with Crippen molar-refractivity contribution in [1.82, 2.24) is 0 Å². The number of hydrogen-bond donors (Lipinski definition) is 2. The fourth-order valence-electron chi connectivity index (χ4n) is 1.17. The van der Waals surface area contributed by atoms with E-state index >= 15 is 0 Å². The Morgan fingerprint density at radius 2 is 1.92 bits per heavy atom. The number of phenolic OH excluding ortho intramolecular Hbond substituents is 1. The van der Waals surface area contributed by atoms with Crippen molar-refractivity contribution in [2.24, 2.45) is 11.7 Å². The lowest BCUT2D eigenvalue weighted by atomic mass is 9.97. The Kier molecular flexibility index (Phi) is 2.88. The van der Waals surface area contributed by atoms with Crippen LogP contribution in [-0.2, 0) is 0 Å². The standard InChI is InChI=1S/C10H14FNO/c1-6(2)10(12)7-3-8(11)5-9(13)4-7/h3-6,10,13H,12H2,1-2H3. The average Bonchev–Trinajstić information content (AvgIpc) is 2.01. The summed E-state index contributed by atoms with van der Waals surface area (Å²) >= 11 is 0. The summed E-state index contributed by atoms with van der Waals surface area (Å²) in [6.45, 7) is 3.90. The number of nitrogens with two attached hydrogens (primary N) is 1. The molecular formula is C10H14FNO. The molecule has 0 heterocycles. The summed E-state index contributed by atoms with van der Waals surface area (Å²) in [7, 11) is 0. The molecule has 0 saturated heterocycles. The van der Waals surface area contributed by atoms with Gasteiger partial charge in [0.1, 0.15) is 11.6 Å². The first kappa shape index (κ1) is 9.99. The van der Waals surface area contributed by atoms with Crippen LogP contribution in [0.2, 0.25) is 0 Å². The second-order valence-electron chi connectivity index (χ2n) is 3.51. The molecule has 1 unspecified atom stereocenters. The van der Waals surface area contributed by atoms with Gasteiger partial charge in [0, 0.05) is 12.1 Å². The zero-order valence-corrected chi connectivity index (χ0v) is 7.79. The Morgan fingerprint density at radius 1 is 1.31 bits per heavy atom. The van der Waals surface area contributed by atoms with Crippen LogP contribution in [0.25, 0.3) is 0 Å². The van der Waals surface area contributed by atoms with Crippen LogP contribution in [0.5, 0.6) is 5.75 Å². The molecule has 13 heavy (non-hydrogen) atoms. The predicted molar refractivity (Wildman–Crippen MR) is 49.8 cm³/mol. The largest absolute Gasteiger partial charge is 0.508 e. The quantitative estimate of drug-likeness (QED) is 0.738. The number of aromatic hydroxyl groups is 1. The Morgan fingerprint density at radius 3 is 2.38 bits per heavy atom. The summed E-state index contributed by atoms with van der Waals surface area (Å²) in [6.07, 6.45) is 0. The van der Waals surface area contributed by atoms with E-state index in [1.807, 2.05) is 13.8 Å². The summed E-state index contributed by atoms with van der Waals surface area (Å²) in [5.74, 6) is -0.307. The number of rotatable bonds is 2. The van der Waals surface area contributed by atoms with Crippen molar-refractivity contribution < 1.29 is 9.50 Å². The molecule has 0 aromatic heterocycles. The van der Waals surface area contributed by atoms with Crippen LogP contribution in [0.3, 0.4) is 0 Å². The van der Waals surface area contributed by atoms with E-state index < -0.39 is 5.82 Å². The maximum atomic E-state index is 12.8. The minimum absolute atomic E-state index is 0.0777. The molecule has 1 rings (SSSR count). The van der Waals surface area contributed by atoms with Gasteiger partial charge in [0.05, 0.1) is 0 Å². The third-order valence-electron chi connectivity index (χ3n) is 2.01. The van der Waals surface area contributed by atoms with Gasteiger partial charge >= 0.3 is 0 Å². The smallest absolute Gasteiger partial charge is 0.127 e. The normalized spacial score (nSPS) is 13.3. The van der Waals surface area contributed by atoms with Gasteiger partial charge in [-0.25, -0.2) is 4.39 Å². The van der Waals surface area contributed by atoms with Crippen molar-refractivity contribution in [3.05, 3.63) is 29.6 Å². The monoisotopic (exact) mass is 183 g/mol. The summed E-state index contributed by atoms with van der Waals surface area (Å²) in [6, 6.07) is 3.68. The fraction of sp³-hybridized carbons (Fsp3) is 0.400. The first-order chi connectivity index (χ1) is 6.00. The molecule has 0 aliphatic heterocycles. The Hall–Kier alpha value is -1.09. The van der Waals surface area contributed by atoms with E-state index in [0.29, 0.717) is 5.56 Å². The first-order valence-electron chi connectivity index (χ1n) is 4.25. The molecule has 0 aliphatic carbocycles. The lowest BCUT2D eigenvalue weighted by molar-refractivity contribution is 0.460. The average molecular weight is 183 g/mol. The lowest BCUT2D eigenvalue weighted by Crippen LogP contribution is -2.16. The molecule has 3 N–H and O–H groups in total. The lowest BCUT2D eigenvalue weighted by Gasteiger charge is -2.16. The van der Waals surface area contributed by atoms with E-state index in [2.05, 4.69) is 0 Å². The predicted octanol–water partition coefficient (Wildman–Crippen LogP) is 2.19. The van der Waals surface area contributed by atoms with Crippen molar-refractivity contribution in [2.45, 2.75) is 19.9 Å². The number of phenols is 1. The zero-order valence-electron chi connectivity index (χ0n) is 7.79. The van der Waals surface area contributed by atoms with E-state index in [0.717, 1.165) is 6.07 Å². The molecule has 2 nitrogen and oxygen atoms in total. The van der Waals surface area contributed by atoms with E-state index in [9.17, 15) is 4.39 Å². The molecule has 0 aliphatic rings. The topological polar surface area (TPSA) is 46.2 Å². The second-order valence-corrected chi connectivity index (χ2v) is 3.51. The summed E-state index contributed by atoms with van der Waals surface area (Å²) in [4.78, 5) is 0. The molecule has 0 spiro atoms. The van der Waals surface area contributed by atoms with Gasteiger partial charge in [-0.05, 0) is 23.6 Å². The summed E-state index contributed by atoms with van der Waals surface area (Å²) in [5, 5.41) is 9.13. The minimum Gasteiger partial charge on any atom is -0.508 e. The highest BCUT2D eigenvalue weighted by molar-refractivity contribution is 5.30. The van der Waals surface area contributed by atoms with Gasteiger partial charge in [-0.3, -0.25) is 0 Å². The molecule has 1 atom stereocenters. The van der Waals surface area contributed by atoms with Crippen LogP contribution in [0.15, 0.2) is 18.2 Å². The van der Waals surface area contributed by atoms with E-state index in [1.54, 1.807) is 0 Å². The third-order valence-corrected chi connectivity index (χ3v) is 2.01. The van der Waals surface area contributed by atoms with Gasteiger partial charge in [-0.1, -0.05) is 13.8 Å². The molecule has 72 valence electrons. The van der Waals surface area contributed by atoms with Crippen LogP contribution < -0.4 is 5.73 Å². The van der Waals surface area contributed by atoms with Crippen molar-refractivity contribution in [2.75, 3.05) is 0 Å². The molecular weight excluding hydrogens is 169 g/mol. The Balaban J connectivity index is 3.01. The number of benzene rings is 1. The maximum Gasteiger partial charge on any atom is 0.127 e. The van der Waals surface area contributed by atoms with Crippen LogP contribution >= 0.6 is 0 Å². The molecule has 3 heteroatoms. The Bertz CT molecular complexity index is 279. The highest BCUT2D eigenvalue weighted by Crippen LogP contribution is 2.23. The second kappa shape index (κ2) is 3.75. The van der Waals surface area contributed by atoms with Crippen molar-refractivity contribution in [3.8, 4) is 5.75 Å².